The van der Waals surface area contributed by atoms with Crippen molar-refractivity contribution in [2.75, 3.05) is 4.90 Å². The molecule has 166 valence electrons. The standard InChI is InChI=1S/C26H15BrN2O5/c27-17-6-9-20-16(10-17)12-21(34-20)24(31)22-23(15-2-1-3-19(30)11-15)29(26(33)25(22)32)18-7-4-14(13-28)5-8-18/h1-12,23,30,32H. The molecule has 2 heterocycles. The summed E-state index contributed by atoms with van der Waals surface area (Å²) in [7, 11) is 0. The number of ketones is 1. The van der Waals surface area contributed by atoms with Gasteiger partial charge in [-0.2, -0.15) is 5.26 Å². The number of phenols is 1. The van der Waals surface area contributed by atoms with Gasteiger partial charge in [0, 0.05) is 15.5 Å². The van der Waals surface area contributed by atoms with Crippen LogP contribution in [0.1, 0.15) is 27.7 Å². The third-order valence-electron chi connectivity index (χ3n) is 5.62. The zero-order valence-electron chi connectivity index (χ0n) is 17.4. The molecule has 34 heavy (non-hydrogen) atoms. The van der Waals surface area contributed by atoms with Crippen LogP contribution in [0.25, 0.3) is 11.0 Å². The highest BCUT2D eigenvalue weighted by molar-refractivity contribution is 9.10. The maximum absolute atomic E-state index is 13.6. The van der Waals surface area contributed by atoms with Crippen molar-refractivity contribution in [2.45, 2.75) is 6.04 Å². The molecule has 7 nitrogen and oxygen atoms in total. The third-order valence-corrected chi connectivity index (χ3v) is 6.11. The Morgan fingerprint density at radius 1 is 1.03 bits per heavy atom. The smallest absolute Gasteiger partial charge is 0.294 e. The van der Waals surface area contributed by atoms with Gasteiger partial charge < -0.3 is 14.6 Å². The number of nitrogens with zero attached hydrogens (tertiary/aromatic N) is 2. The van der Waals surface area contributed by atoms with Crippen LogP contribution in [0.5, 0.6) is 5.75 Å². The zero-order valence-corrected chi connectivity index (χ0v) is 19.0. The van der Waals surface area contributed by atoms with Crippen molar-refractivity contribution in [1.29, 1.82) is 5.26 Å². The van der Waals surface area contributed by atoms with Crippen LogP contribution in [0.15, 0.2) is 93.0 Å². The summed E-state index contributed by atoms with van der Waals surface area (Å²) in [5.74, 6) is -2.22. The first-order valence-electron chi connectivity index (χ1n) is 10.2. The molecule has 1 atom stereocenters. The van der Waals surface area contributed by atoms with E-state index >= 15 is 0 Å². The van der Waals surface area contributed by atoms with Gasteiger partial charge in [0.1, 0.15) is 11.3 Å². The lowest BCUT2D eigenvalue weighted by Gasteiger charge is -2.26. The first-order valence-corrected chi connectivity index (χ1v) is 11.0. The maximum atomic E-state index is 13.6. The SMILES string of the molecule is N#Cc1ccc(N2C(=O)C(O)=C(C(=O)c3cc4cc(Br)ccc4o3)C2c2cccc(O)c2)cc1. The van der Waals surface area contributed by atoms with Crippen molar-refractivity contribution in [1.82, 2.24) is 0 Å². The summed E-state index contributed by atoms with van der Waals surface area (Å²) in [4.78, 5) is 28.1. The number of benzene rings is 3. The van der Waals surface area contributed by atoms with Crippen molar-refractivity contribution in [3.8, 4) is 11.8 Å². The largest absolute Gasteiger partial charge is 0.508 e. The molecule has 0 bridgehead atoms. The van der Waals surface area contributed by atoms with Gasteiger partial charge in [0.2, 0.25) is 5.78 Å². The van der Waals surface area contributed by atoms with E-state index in [1.54, 1.807) is 48.5 Å². The summed E-state index contributed by atoms with van der Waals surface area (Å²) >= 11 is 3.38. The lowest BCUT2D eigenvalue weighted by molar-refractivity contribution is -0.117. The van der Waals surface area contributed by atoms with E-state index in [4.69, 9.17) is 9.68 Å². The Morgan fingerprint density at radius 3 is 2.50 bits per heavy atom. The molecule has 3 aromatic carbocycles. The number of carbonyl (C=O) groups is 2. The number of fused-ring (bicyclic) bond motifs is 1. The number of rotatable bonds is 4. The quantitative estimate of drug-likeness (QED) is 0.344. The Morgan fingerprint density at radius 2 is 1.79 bits per heavy atom. The molecule has 0 saturated carbocycles. The second-order valence-corrected chi connectivity index (χ2v) is 8.63. The van der Waals surface area contributed by atoms with E-state index < -0.39 is 23.5 Å². The fourth-order valence-electron chi connectivity index (χ4n) is 4.07. The molecule has 2 N–H and O–H groups in total. The van der Waals surface area contributed by atoms with E-state index in [-0.39, 0.29) is 17.1 Å². The molecular weight excluding hydrogens is 500 g/mol. The summed E-state index contributed by atoms with van der Waals surface area (Å²) in [6.07, 6.45) is 0. The van der Waals surface area contributed by atoms with Crippen LogP contribution in [-0.4, -0.2) is 21.9 Å². The summed E-state index contributed by atoms with van der Waals surface area (Å²) in [6, 6.07) is 20.1. The van der Waals surface area contributed by atoms with Gasteiger partial charge in [-0.15, -0.1) is 0 Å². The number of furan rings is 1. The second kappa shape index (κ2) is 8.21. The van der Waals surface area contributed by atoms with Gasteiger partial charge in [0.05, 0.1) is 23.2 Å². The molecule has 1 unspecified atom stereocenters. The molecule has 5 rings (SSSR count). The predicted molar refractivity (Wildman–Crippen MR) is 127 cm³/mol. The Bertz CT molecular complexity index is 1550. The minimum atomic E-state index is -1.03. The molecule has 8 heteroatoms. The van der Waals surface area contributed by atoms with Crippen molar-refractivity contribution in [3.05, 3.63) is 105 Å². The van der Waals surface area contributed by atoms with Crippen molar-refractivity contribution < 1.29 is 24.2 Å². The fraction of sp³-hybridized carbons (Fsp3) is 0.0385. The van der Waals surface area contributed by atoms with Gasteiger partial charge >= 0.3 is 0 Å². The molecule has 0 aliphatic carbocycles. The van der Waals surface area contributed by atoms with Gasteiger partial charge in [-0.25, -0.2) is 0 Å². The molecule has 0 fully saturated rings. The van der Waals surface area contributed by atoms with Gasteiger partial charge in [-0.3, -0.25) is 14.5 Å². The zero-order chi connectivity index (χ0) is 24.0. The lowest BCUT2D eigenvalue weighted by atomic mass is 9.94. The number of Topliss-reactive ketones (excluding diaryl/α,β-unsaturated/α-hetero) is 1. The van der Waals surface area contributed by atoms with E-state index in [1.807, 2.05) is 6.07 Å². The minimum absolute atomic E-state index is 0.0331. The Kier molecular flexibility index (Phi) is 5.19. The van der Waals surface area contributed by atoms with Crippen LogP contribution in [0.3, 0.4) is 0 Å². The lowest BCUT2D eigenvalue weighted by Crippen LogP contribution is -2.31. The van der Waals surface area contributed by atoms with Gasteiger partial charge in [0.25, 0.3) is 5.91 Å². The fourth-order valence-corrected chi connectivity index (χ4v) is 4.45. The molecule has 1 aliphatic heterocycles. The highest BCUT2D eigenvalue weighted by atomic mass is 79.9. The van der Waals surface area contributed by atoms with Crippen molar-refractivity contribution in [3.63, 3.8) is 0 Å². The number of amides is 1. The number of anilines is 1. The number of aromatic hydroxyl groups is 1. The molecule has 0 saturated heterocycles. The van der Waals surface area contributed by atoms with Crippen LogP contribution in [0, 0.1) is 11.3 Å². The molecule has 0 radical (unpaired) electrons. The van der Waals surface area contributed by atoms with Crippen LogP contribution in [-0.2, 0) is 4.79 Å². The normalized spacial score (nSPS) is 15.7. The number of phenolic OH excluding ortho intramolecular Hbond substituents is 1. The molecule has 0 spiro atoms. The van der Waals surface area contributed by atoms with E-state index in [0.29, 0.717) is 27.8 Å². The summed E-state index contributed by atoms with van der Waals surface area (Å²) < 4.78 is 6.54. The summed E-state index contributed by atoms with van der Waals surface area (Å²) in [5, 5.41) is 30.7. The average Bonchev–Trinajstić information content (AvgIpc) is 3.37. The highest BCUT2D eigenvalue weighted by Crippen LogP contribution is 2.43. The molecule has 1 aromatic heterocycles. The second-order valence-electron chi connectivity index (χ2n) is 7.72. The van der Waals surface area contributed by atoms with Crippen molar-refractivity contribution >= 4 is 44.3 Å². The average molecular weight is 515 g/mol. The molecule has 1 amide bonds. The summed E-state index contributed by atoms with van der Waals surface area (Å²) in [5.41, 5.74) is 1.50. The predicted octanol–water partition coefficient (Wildman–Crippen LogP) is 5.56. The van der Waals surface area contributed by atoms with Crippen molar-refractivity contribution in [2.24, 2.45) is 0 Å². The number of hydrogen-bond acceptors (Lipinski definition) is 6. The number of halogens is 1. The monoisotopic (exact) mass is 514 g/mol. The minimum Gasteiger partial charge on any atom is -0.508 e. The van der Waals surface area contributed by atoms with E-state index in [9.17, 15) is 19.8 Å². The number of nitriles is 1. The number of aliphatic hydroxyl groups excluding tert-OH is 1. The summed E-state index contributed by atoms with van der Waals surface area (Å²) in [6.45, 7) is 0. The highest BCUT2D eigenvalue weighted by Gasteiger charge is 2.45. The third kappa shape index (κ3) is 3.52. The van der Waals surface area contributed by atoms with Crippen LogP contribution < -0.4 is 4.90 Å². The van der Waals surface area contributed by atoms with Crippen LogP contribution >= 0.6 is 15.9 Å². The molecule has 4 aromatic rings. The van der Waals surface area contributed by atoms with E-state index in [0.717, 1.165) is 4.47 Å². The van der Waals surface area contributed by atoms with E-state index in [2.05, 4.69) is 15.9 Å². The number of aliphatic hydroxyl groups is 1. The Hall–Kier alpha value is -4.35. The van der Waals surface area contributed by atoms with Gasteiger partial charge in [-0.1, -0.05) is 28.1 Å². The number of hydrogen-bond donors (Lipinski definition) is 2. The first kappa shape index (κ1) is 21.5. The maximum Gasteiger partial charge on any atom is 0.294 e. The Labute approximate surface area is 201 Å². The topological polar surface area (TPSA) is 115 Å². The number of carbonyl (C=O) groups excluding carboxylic acids is 2. The molecule has 1 aliphatic rings. The van der Waals surface area contributed by atoms with Crippen LogP contribution in [0.2, 0.25) is 0 Å². The van der Waals surface area contributed by atoms with Crippen LogP contribution in [0.4, 0.5) is 5.69 Å². The van der Waals surface area contributed by atoms with E-state index in [1.165, 1.54) is 29.2 Å². The van der Waals surface area contributed by atoms with Gasteiger partial charge in [0.15, 0.2) is 11.5 Å². The first-order chi connectivity index (χ1) is 16.4. The van der Waals surface area contributed by atoms with Gasteiger partial charge in [-0.05, 0) is 66.2 Å². The Balaban J connectivity index is 1.66. The molecular formula is C26H15BrN2O5.